The molecule has 0 atom stereocenters. The Morgan fingerprint density at radius 2 is 1.67 bits per heavy atom. The van der Waals surface area contributed by atoms with Crippen molar-refractivity contribution < 1.29 is 0 Å². The summed E-state index contributed by atoms with van der Waals surface area (Å²) in [4.78, 5) is 2.40. The number of halogens is 1. The number of benzene rings is 2. The molecule has 3 rings (SSSR count). The van der Waals surface area contributed by atoms with Crippen LogP contribution in [0, 0.1) is 5.41 Å². The van der Waals surface area contributed by atoms with Gasteiger partial charge in [0, 0.05) is 23.1 Å². The molecule has 0 saturated carbocycles. The highest BCUT2D eigenvalue weighted by atomic mass is 79.9. The Hall–Kier alpha value is -1.81. The highest BCUT2D eigenvalue weighted by Crippen LogP contribution is 2.29. The lowest BCUT2D eigenvalue weighted by atomic mass is 10.0. The molecule has 3 N–H and O–H groups in total. The zero-order chi connectivity index (χ0) is 14.8. The van der Waals surface area contributed by atoms with E-state index in [4.69, 9.17) is 11.1 Å². The number of fused-ring (bicyclic) bond motifs is 1. The van der Waals surface area contributed by atoms with Crippen LogP contribution in [0.25, 0.3) is 0 Å². The zero-order valence-corrected chi connectivity index (χ0v) is 13.4. The molecule has 0 saturated heterocycles. The molecule has 0 radical (unpaired) electrons. The van der Waals surface area contributed by atoms with Gasteiger partial charge in [-0.2, -0.15) is 0 Å². The van der Waals surface area contributed by atoms with Gasteiger partial charge in [-0.05, 0) is 58.1 Å². The van der Waals surface area contributed by atoms with Gasteiger partial charge in [-0.1, -0.05) is 24.3 Å². The van der Waals surface area contributed by atoms with Crippen LogP contribution in [0.3, 0.4) is 0 Å². The summed E-state index contributed by atoms with van der Waals surface area (Å²) in [5, 5.41) is 7.51. The van der Waals surface area contributed by atoms with Crippen molar-refractivity contribution in [3.05, 3.63) is 63.6 Å². The highest BCUT2D eigenvalue weighted by molar-refractivity contribution is 9.10. The highest BCUT2D eigenvalue weighted by Gasteiger charge is 2.16. The van der Waals surface area contributed by atoms with E-state index in [-0.39, 0.29) is 5.84 Å². The van der Waals surface area contributed by atoms with Crippen LogP contribution < -0.4 is 10.6 Å². The quantitative estimate of drug-likeness (QED) is 0.649. The molecule has 3 nitrogen and oxygen atoms in total. The van der Waals surface area contributed by atoms with Crippen LogP contribution in [0.2, 0.25) is 0 Å². The number of hydrogen-bond acceptors (Lipinski definition) is 2. The first-order chi connectivity index (χ1) is 10.1. The van der Waals surface area contributed by atoms with Gasteiger partial charge >= 0.3 is 0 Å². The molecule has 2 aromatic rings. The number of anilines is 1. The summed E-state index contributed by atoms with van der Waals surface area (Å²) in [7, 11) is 0. The second kappa shape index (κ2) is 5.90. The molecule has 108 valence electrons. The molecule has 0 aliphatic carbocycles. The van der Waals surface area contributed by atoms with Gasteiger partial charge in [0.25, 0.3) is 0 Å². The van der Waals surface area contributed by atoms with E-state index in [2.05, 4.69) is 51.2 Å². The van der Waals surface area contributed by atoms with Crippen molar-refractivity contribution in [3.8, 4) is 0 Å². The van der Waals surface area contributed by atoms with Crippen molar-refractivity contribution in [1.82, 2.24) is 0 Å². The lowest BCUT2D eigenvalue weighted by Crippen LogP contribution is -2.26. The fraction of sp³-hybridized carbons (Fsp3) is 0.235. The fourth-order valence-electron chi connectivity index (χ4n) is 2.84. The van der Waals surface area contributed by atoms with E-state index in [1.165, 1.54) is 16.8 Å². The molecule has 1 heterocycles. The summed E-state index contributed by atoms with van der Waals surface area (Å²) in [6.45, 7) is 2.02. The summed E-state index contributed by atoms with van der Waals surface area (Å²) in [6, 6.07) is 14.6. The molecule has 1 aliphatic rings. The number of nitrogens with one attached hydrogen (secondary N) is 1. The summed E-state index contributed by atoms with van der Waals surface area (Å²) in [6.07, 6.45) is 2.13. The molecular weight excluding hydrogens is 326 g/mol. The van der Waals surface area contributed by atoms with Gasteiger partial charge in [0.2, 0.25) is 0 Å². The third-order valence-corrected chi connectivity index (χ3v) is 4.66. The normalized spacial score (nSPS) is 14.4. The van der Waals surface area contributed by atoms with Gasteiger partial charge in [0.05, 0.1) is 5.69 Å². The number of amidine groups is 1. The fourth-order valence-corrected chi connectivity index (χ4v) is 3.47. The number of rotatable bonds is 2. The minimum atomic E-state index is 0.102. The van der Waals surface area contributed by atoms with E-state index >= 15 is 0 Å². The predicted molar refractivity (Wildman–Crippen MR) is 91.2 cm³/mol. The lowest BCUT2D eigenvalue weighted by molar-refractivity contribution is 0.804. The Kier molecular flexibility index (Phi) is 3.97. The van der Waals surface area contributed by atoms with Gasteiger partial charge in [0.1, 0.15) is 5.84 Å². The summed E-state index contributed by atoms with van der Waals surface area (Å²) >= 11 is 3.62. The molecule has 0 bridgehead atoms. The second-order valence-electron chi connectivity index (χ2n) is 5.34. The Bertz CT molecular complexity index is 654. The van der Waals surface area contributed by atoms with Gasteiger partial charge < -0.3 is 10.6 Å². The average molecular weight is 344 g/mol. The Balaban J connectivity index is 1.84. The topological polar surface area (TPSA) is 53.1 Å². The van der Waals surface area contributed by atoms with Crippen LogP contribution in [0.4, 0.5) is 5.69 Å². The van der Waals surface area contributed by atoms with Gasteiger partial charge in [-0.25, -0.2) is 0 Å². The number of nitrogen functional groups attached to an aromatic ring is 1. The smallest absolute Gasteiger partial charge is 0.122 e. The molecule has 0 aromatic heterocycles. The maximum absolute atomic E-state index is 7.51. The van der Waals surface area contributed by atoms with Crippen LogP contribution >= 0.6 is 15.9 Å². The number of nitrogens with zero attached hydrogens (tertiary/aromatic N) is 1. The molecule has 0 fully saturated rings. The standard InChI is InChI=1S/C17H18BrN3/c18-15-11-14(17(19)20)5-6-16(15)21-9-7-12-3-1-2-4-13(12)8-10-21/h1-6,11H,7-10H2,(H3,19,20). The monoisotopic (exact) mass is 343 g/mol. The first-order valence-electron chi connectivity index (χ1n) is 7.11. The molecule has 21 heavy (non-hydrogen) atoms. The molecule has 0 amide bonds. The Morgan fingerprint density at radius 1 is 1.05 bits per heavy atom. The van der Waals surface area contributed by atoms with Crippen LogP contribution in [-0.2, 0) is 12.8 Å². The summed E-state index contributed by atoms with van der Waals surface area (Å²) < 4.78 is 1.00. The van der Waals surface area contributed by atoms with E-state index in [0.717, 1.165) is 36.0 Å². The van der Waals surface area contributed by atoms with Crippen molar-refractivity contribution in [2.75, 3.05) is 18.0 Å². The van der Waals surface area contributed by atoms with Crippen molar-refractivity contribution in [2.24, 2.45) is 5.73 Å². The minimum Gasteiger partial charge on any atom is -0.384 e. The minimum absolute atomic E-state index is 0.102. The van der Waals surface area contributed by atoms with Crippen molar-refractivity contribution in [1.29, 1.82) is 5.41 Å². The summed E-state index contributed by atoms with van der Waals surface area (Å²) in [5.74, 6) is 0.102. The largest absolute Gasteiger partial charge is 0.384 e. The van der Waals surface area contributed by atoms with Crippen molar-refractivity contribution in [2.45, 2.75) is 12.8 Å². The van der Waals surface area contributed by atoms with E-state index in [0.29, 0.717) is 0 Å². The SMILES string of the molecule is N=C(N)c1ccc(N2CCc3ccccc3CC2)c(Br)c1. The number of hydrogen-bond donors (Lipinski definition) is 2. The van der Waals surface area contributed by atoms with Gasteiger partial charge in [-0.15, -0.1) is 0 Å². The van der Waals surface area contributed by atoms with Crippen LogP contribution in [0.5, 0.6) is 0 Å². The predicted octanol–water partition coefficient (Wildman–Crippen LogP) is 3.34. The van der Waals surface area contributed by atoms with Gasteiger partial charge in [0.15, 0.2) is 0 Å². The van der Waals surface area contributed by atoms with Crippen LogP contribution in [-0.4, -0.2) is 18.9 Å². The molecule has 4 heteroatoms. The van der Waals surface area contributed by atoms with E-state index < -0.39 is 0 Å². The Labute approximate surface area is 133 Å². The zero-order valence-electron chi connectivity index (χ0n) is 11.8. The molecule has 1 aliphatic heterocycles. The second-order valence-corrected chi connectivity index (χ2v) is 6.19. The van der Waals surface area contributed by atoms with Gasteiger partial charge in [-0.3, -0.25) is 5.41 Å². The molecule has 0 spiro atoms. The molecule has 0 unspecified atom stereocenters. The van der Waals surface area contributed by atoms with Crippen molar-refractivity contribution in [3.63, 3.8) is 0 Å². The maximum Gasteiger partial charge on any atom is 0.122 e. The van der Waals surface area contributed by atoms with Crippen LogP contribution in [0.1, 0.15) is 16.7 Å². The molecular formula is C17H18BrN3. The Morgan fingerprint density at radius 3 is 2.19 bits per heavy atom. The molecule has 2 aromatic carbocycles. The number of nitrogens with two attached hydrogens (primary N) is 1. The first kappa shape index (κ1) is 14.1. The van der Waals surface area contributed by atoms with E-state index in [1.54, 1.807) is 0 Å². The van der Waals surface area contributed by atoms with Crippen molar-refractivity contribution >= 4 is 27.5 Å². The van der Waals surface area contributed by atoms with Crippen LogP contribution in [0.15, 0.2) is 46.9 Å². The third kappa shape index (κ3) is 2.95. The summed E-state index contributed by atoms with van der Waals surface area (Å²) in [5.41, 5.74) is 10.4. The lowest BCUT2D eigenvalue weighted by Gasteiger charge is -2.24. The van der Waals surface area contributed by atoms with E-state index in [9.17, 15) is 0 Å². The van der Waals surface area contributed by atoms with E-state index in [1.807, 2.05) is 12.1 Å². The third-order valence-electron chi connectivity index (χ3n) is 4.02. The average Bonchev–Trinajstić information content (AvgIpc) is 2.70. The maximum atomic E-state index is 7.51. The first-order valence-corrected chi connectivity index (χ1v) is 7.90.